The Bertz CT molecular complexity index is 440. The van der Waals surface area contributed by atoms with Crippen LogP contribution in [0.15, 0.2) is 29.0 Å². The lowest BCUT2D eigenvalue weighted by molar-refractivity contribution is 1.03. The molecule has 2 nitrogen and oxygen atoms in total. The third-order valence-corrected chi connectivity index (χ3v) is 2.67. The lowest BCUT2D eigenvalue weighted by Crippen LogP contribution is -1.91. The van der Waals surface area contributed by atoms with Crippen LogP contribution in [0.4, 0.5) is 0 Å². The van der Waals surface area contributed by atoms with Crippen molar-refractivity contribution in [1.29, 1.82) is 0 Å². The number of aromatic nitrogens is 2. The van der Waals surface area contributed by atoms with Gasteiger partial charge in [0.15, 0.2) is 0 Å². The van der Waals surface area contributed by atoms with E-state index < -0.39 is 0 Å². The van der Waals surface area contributed by atoms with Gasteiger partial charge in [-0.1, -0.05) is 19.1 Å². The summed E-state index contributed by atoms with van der Waals surface area (Å²) < 4.78 is 1.03. The summed E-state index contributed by atoms with van der Waals surface area (Å²) in [5, 5.41) is 1.14. The zero-order valence-electron chi connectivity index (χ0n) is 7.29. The fraction of sp³-hybridized carbons (Fsp3) is 0.200. The van der Waals surface area contributed by atoms with E-state index in [0.29, 0.717) is 0 Å². The maximum atomic E-state index is 4.23. The van der Waals surface area contributed by atoms with Gasteiger partial charge in [0, 0.05) is 9.86 Å². The minimum absolute atomic E-state index is 0.940. The van der Waals surface area contributed by atoms with Crippen LogP contribution in [0.3, 0.4) is 0 Å². The van der Waals surface area contributed by atoms with Gasteiger partial charge in [-0.15, -0.1) is 0 Å². The van der Waals surface area contributed by atoms with Crippen LogP contribution >= 0.6 is 15.9 Å². The van der Waals surface area contributed by atoms with E-state index in [2.05, 4.69) is 38.9 Å². The van der Waals surface area contributed by atoms with Crippen molar-refractivity contribution in [3.63, 3.8) is 0 Å². The van der Waals surface area contributed by atoms with E-state index in [-0.39, 0.29) is 0 Å². The molecule has 0 radical (unpaired) electrons. The van der Waals surface area contributed by atoms with E-state index in [9.17, 15) is 0 Å². The lowest BCUT2D eigenvalue weighted by Gasteiger charge is -2.02. The first-order valence-electron chi connectivity index (χ1n) is 4.21. The first-order valence-corrected chi connectivity index (χ1v) is 5.00. The maximum absolute atomic E-state index is 4.23. The SMILES string of the molecule is CCc1ncnc2c(Br)cccc12. The predicted molar refractivity (Wildman–Crippen MR) is 56.6 cm³/mol. The second kappa shape index (κ2) is 3.42. The molecule has 0 spiro atoms. The second-order valence-corrected chi connectivity index (χ2v) is 3.66. The van der Waals surface area contributed by atoms with Gasteiger partial charge in [0.25, 0.3) is 0 Å². The molecule has 66 valence electrons. The number of halogens is 1. The summed E-state index contributed by atoms with van der Waals surface area (Å²) in [6.07, 6.45) is 2.56. The zero-order chi connectivity index (χ0) is 9.26. The van der Waals surface area contributed by atoms with Crippen molar-refractivity contribution in [2.24, 2.45) is 0 Å². The van der Waals surface area contributed by atoms with Gasteiger partial charge in [-0.3, -0.25) is 0 Å². The summed E-state index contributed by atoms with van der Waals surface area (Å²) in [6, 6.07) is 6.06. The normalized spacial score (nSPS) is 10.6. The highest BCUT2D eigenvalue weighted by molar-refractivity contribution is 9.10. The molecular weight excluding hydrogens is 228 g/mol. The minimum atomic E-state index is 0.940. The lowest BCUT2D eigenvalue weighted by atomic mass is 10.1. The van der Waals surface area contributed by atoms with Crippen molar-refractivity contribution in [2.45, 2.75) is 13.3 Å². The van der Waals surface area contributed by atoms with Crippen LogP contribution < -0.4 is 0 Å². The number of fused-ring (bicyclic) bond motifs is 1. The van der Waals surface area contributed by atoms with E-state index in [0.717, 1.165) is 27.5 Å². The van der Waals surface area contributed by atoms with Crippen molar-refractivity contribution >= 4 is 26.8 Å². The molecule has 0 amide bonds. The van der Waals surface area contributed by atoms with E-state index in [4.69, 9.17) is 0 Å². The van der Waals surface area contributed by atoms with Crippen LogP contribution in [-0.2, 0) is 6.42 Å². The summed E-state index contributed by atoms with van der Waals surface area (Å²) >= 11 is 3.47. The predicted octanol–water partition coefficient (Wildman–Crippen LogP) is 2.95. The quantitative estimate of drug-likeness (QED) is 0.761. The second-order valence-electron chi connectivity index (χ2n) is 2.81. The summed E-state index contributed by atoms with van der Waals surface area (Å²) in [6.45, 7) is 2.10. The number of benzene rings is 1. The first-order chi connectivity index (χ1) is 6.33. The van der Waals surface area contributed by atoms with E-state index in [1.54, 1.807) is 6.33 Å². The Morgan fingerprint density at radius 3 is 2.92 bits per heavy atom. The molecule has 0 bridgehead atoms. The Hall–Kier alpha value is -0.960. The molecule has 1 aromatic carbocycles. The molecule has 1 aromatic heterocycles. The fourth-order valence-electron chi connectivity index (χ4n) is 1.39. The number of para-hydroxylation sites is 1. The molecule has 0 aliphatic carbocycles. The first kappa shape index (κ1) is 8.63. The molecule has 0 aliphatic heterocycles. The fourth-order valence-corrected chi connectivity index (χ4v) is 1.86. The van der Waals surface area contributed by atoms with Crippen molar-refractivity contribution in [3.8, 4) is 0 Å². The Labute approximate surface area is 85.1 Å². The van der Waals surface area contributed by atoms with Crippen LogP contribution in [0, 0.1) is 0 Å². The molecule has 3 heteroatoms. The van der Waals surface area contributed by atoms with Gasteiger partial charge in [-0.2, -0.15) is 0 Å². The van der Waals surface area contributed by atoms with E-state index >= 15 is 0 Å². The molecule has 0 saturated heterocycles. The standard InChI is InChI=1S/C10H9BrN2/c1-2-9-7-4-3-5-8(11)10(7)13-6-12-9/h3-6H,2H2,1H3. The van der Waals surface area contributed by atoms with Crippen molar-refractivity contribution in [3.05, 3.63) is 34.7 Å². The Morgan fingerprint density at radius 2 is 2.15 bits per heavy atom. The van der Waals surface area contributed by atoms with Crippen LogP contribution in [0.25, 0.3) is 10.9 Å². The van der Waals surface area contributed by atoms with Gasteiger partial charge >= 0.3 is 0 Å². The van der Waals surface area contributed by atoms with Crippen molar-refractivity contribution < 1.29 is 0 Å². The van der Waals surface area contributed by atoms with Gasteiger partial charge in [0.1, 0.15) is 6.33 Å². The molecular formula is C10H9BrN2. The number of hydrogen-bond acceptors (Lipinski definition) is 2. The molecule has 0 unspecified atom stereocenters. The van der Waals surface area contributed by atoms with Gasteiger partial charge in [-0.05, 0) is 28.4 Å². The van der Waals surface area contributed by atoms with Gasteiger partial charge in [-0.25, -0.2) is 9.97 Å². The average molecular weight is 237 g/mol. The van der Waals surface area contributed by atoms with Crippen molar-refractivity contribution in [2.75, 3.05) is 0 Å². The highest BCUT2D eigenvalue weighted by Crippen LogP contribution is 2.22. The summed E-state index contributed by atoms with van der Waals surface area (Å²) in [4.78, 5) is 8.47. The molecule has 0 N–H and O–H groups in total. The highest BCUT2D eigenvalue weighted by Gasteiger charge is 2.03. The monoisotopic (exact) mass is 236 g/mol. The molecule has 0 aliphatic rings. The number of nitrogens with zero attached hydrogens (tertiary/aromatic N) is 2. The number of hydrogen-bond donors (Lipinski definition) is 0. The van der Waals surface area contributed by atoms with Gasteiger partial charge < -0.3 is 0 Å². The van der Waals surface area contributed by atoms with Gasteiger partial charge in [0.2, 0.25) is 0 Å². The summed E-state index contributed by atoms with van der Waals surface area (Å²) in [5.74, 6) is 0. The molecule has 1 heterocycles. The number of aryl methyl sites for hydroxylation is 1. The Balaban J connectivity index is 2.84. The number of rotatable bonds is 1. The highest BCUT2D eigenvalue weighted by atomic mass is 79.9. The topological polar surface area (TPSA) is 25.8 Å². The molecule has 13 heavy (non-hydrogen) atoms. The zero-order valence-corrected chi connectivity index (χ0v) is 8.87. The Kier molecular flexibility index (Phi) is 2.27. The van der Waals surface area contributed by atoms with E-state index in [1.807, 2.05) is 12.1 Å². The smallest absolute Gasteiger partial charge is 0.116 e. The minimum Gasteiger partial charge on any atom is -0.241 e. The van der Waals surface area contributed by atoms with Gasteiger partial charge in [0.05, 0.1) is 11.2 Å². The largest absolute Gasteiger partial charge is 0.241 e. The molecule has 2 aromatic rings. The summed E-state index contributed by atoms with van der Waals surface area (Å²) in [5.41, 5.74) is 2.10. The van der Waals surface area contributed by atoms with Crippen LogP contribution in [-0.4, -0.2) is 9.97 Å². The molecule has 0 fully saturated rings. The van der Waals surface area contributed by atoms with Crippen molar-refractivity contribution in [1.82, 2.24) is 9.97 Å². The third kappa shape index (κ3) is 1.44. The van der Waals surface area contributed by atoms with Crippen LogP contribution in [0.2, 0.25) is 0 Å². The maximum Gasteiger partial charge on any atom is 0.116 e. The van der Waals surface area contributed by atoms with Crippen LogP contribution in [0.5, 0.6) is 0 Å². The molecule has 0 saturated carbocycles. The third-order valence-electron chi connectivity index (χ3n) is 2.03. The average Bonchev–Trinajstić information content (AvgIpc) is 2.18. The van der Waals surface area contributed by atoms with E-state index in [1.165, 1.54) is 0 Å². The molecule has 0 atom stereocenters. The molecule has 2 rings (SSSR count). The van der Waals surface area contributed by atoms with Crippen LogP contribution in [0.1, 0.15) is 12.6 Å². The Morgan fingerprint density at radius 1 is 1.31 bits per heavy atom. The summed E-state index contributed by atoms with van der Waals surface area (Å²) in [7, 11) is 0.